The Balaban J connectivity index is 1.97. The van der Waals surface area contributed by atoms with Crippen LogP contribution in [0.25, 0.3) is 0 Å². The second kappa shape index (κ2) is 7.23. The van der Waals surface area contributed by atoms with E-state index < -0.39 is 6.04 Å². The van der Waals surface area contributed by atoms with Crippen LogP contribution in [0.1, 0.15) is 58.6 Å². The molecule has 5 nitrogen and oxygen atoms in total. The molecule has 0 spiro atoms. The largest absolute Gasteiger partial charge is 0.337 e. The number of carbonyl (C=O) groups excluding carboxylic acids is 1. The molecule has 0 saturated carbocycles. The van der Waals surface area contributed by atoms with Crippen molar-refractivity contribution in [2.45, 2.75) is 39.2 Å². The molecule has 2 aromatic heterocycles. The Hall–Kier alpha value is -2.54. The van der Waals surface area contributed by atoms with Gasteiger partial charge < -0.3 is 9.88 Å². The fourth-order valence-electron chi connectivity index (χ4n) is 2.76. The Morgan fingerprint density at radius 2 is 2.07 bits per heavy atom. The summed E-state index contributed by atoms with van der Waals surface area (Å²) in [7, 11) is 1.84. The van der Waals surface area contributed by atoms with Gasteiger partial charge in [-0.15, -0.1) is 11.3 Å². The Morgan fingerprint density at radius 3 is 2.63 bits per heavy atom. The molecule has 1 unspecified atom stereocenters. The summed E-state index contributed by atoms with van der Waals surface area (Å²) in [4.78, 5) is 22.5. The lowest BCUT2D eigenvalue weighted by molar-refractivity contribution is 0.0944. The van der Waals surface area contributed by atoms with Crippen molar-refractivity contribution in [3.8, 4) is 0 Å². The first-order chi connectivity index (χ1) is 12.7. The number of amides is 1. The molecule has 0 aliphatic carbocycles. The van der Waals surface area contributed by atoms with Crippen LogP contribution < -0.4 is 5.32 Å². The number of aryl methyl sites for hydroxylation is 2. The Kier molecular flexibility index (Phi) is 5.15. The molecule has 1 amide bonds. The van der Waals surface area contributed by atoms with E-state index in [0.29, 0.717) is 22.0 Å². The van der Waals surface area contributed by atoms with E-state index in [0.717, 1.165) is 5.01 Å². The minimum atomic E-state index is -0.562. The normalized spacial score (nSPS) is 12.8. The zero-order valence-electron chi connectivity index (χ0n) is 16.1. The molecular weight excluding hydrogens is 363 g/mol. The molecule has 7 heteroatoms. The zero-order chi connectivity index (χ0) is 19.8. The average Bonchev–Trinajstić information content (AvgIpc) is 3.18. The van der Waals surface area contributed by atoms with Gasteiger partial charge in [0.2, 0.25) is 0 Å². The number of aromatic nitrogens is 3. The summed E-state index contributed by atoms with van der Waals surface area (Å²) in [5.74, 6) is 0.0369. The van der Waals surface area contributed by atoms with Gasteiger partial charge in [0.25, 0.3) is 5.91 Å². The maximum absolute atomic E-state index is 13.8. The molecular formula is C20H23FN4OS. The second-order valence-electron chi connectivity index (χ2n) is 7.54. The first kappa shape index (κ1) is 19.2. The molecule has 1 aromatic carbocycles. The highest BCUT2D eigenvalue weighted by atomic mass is 32.1. The van der Waals surface area contributed by atoms with Gasteiger partial charge >= 0.3 is 0 Å². The average molecular weight is 386 g/mol. The first-order valence-electron chi connectivity index (χ1n) is 8.68. The lowest BCUT2D eigenvalue weighted by Crippen LogP contribution is -2.31. The second-order valence-corrected chi connectivity index (χ2v) is 8.54. The van der Waals surface area contributed by atoms with Crippen molar-refractivity contribution < 1.29 is 9.18 Å². The number of rotatable bonds is 4. The zero-order valence-corrected chi connectivity index (χ0v) is 16.9. The van der Waals surface area contributed by atoms with Gasteiger partial charge in [-0.1, -0.05) is 32.9 Å². The van der Waals surface area contributed by atoms with Gasteiger partial charge in [0.05, 0.1) is 10.7 Å². The maximum Gasteiger partial charge on any atom is 0.264 e. The molecule has 0 fully saturated rings. The van der Waals surface area contributed by atoms with Crippen molar-refractivity contribution in [3.63, 3.8) is 0 Å². The topological polar surface area (TPSA) is 59.8 Å². The number of hydrogen-bond acceptors (Lipinski definition) is 4. The van der Waals surface area contributed by atoms with Crippen LogP contribution in [0.15, 0.2) is 36.7 Å². The number of thiazole rings is 1. The predicted molar refractivity (Wildman–Crippen MR) is 104 cm³/mol. The van der Waals surface area contributed by atoms with E-state index in [4.69, 9.17) is 0 Å². The molecule has 2 heterocycles. The van der Waals surface area contributed by atoms with Crippen LogP contribution in [0.2, 0.25) is 0 Å². The lowest BCUT2D eigenvalue weighted by Gasteiger charge is -2.19. The summed E-state index contributed by atoms with van der Waals surface area (Å²) in [6, 6.07) is 5.64. The van der Waals surface area contributed by atoms with Gasteiger partial charge in [0.1, 0.15) is 22.6 Å². The molecule has 0 aliphatic heterocycles. The maximum atomic E-state index is 13.8. The fraction of sp³-hybridized carbons (Fsp3) is 0.350. The molecule has 3 aromatic rings. The van der Waals surface area contributed by atoms with Crippen LogP contribution in [-0.4, -0.2) is 20.4 Å². The van der Waals surface area contributed by atoms with Crippen molar-refractivity contribution in [2.75, 3.05) is 0 Å². The van der Waals surface area contributed by atoms with Crippen molar-refractivity contribution in [3.05, 3.63) is 69.4 Å². The predicted octanol–water partition coefficient (Wildman–Crippen LogP) is 4.14. The standard InChI is InChI=1S/C20H23FN4OS/c1-12-16(27-19(23-12)20(2,3)4)18(26)24-15(17-22-9-10-25(17)5)13-7-6-8-14(21)11-13/h6-11,15H,1-5H3,(H,24,26). The Bertz CT molecular complexity index is 971. The van der Waals surface area contributed by atoms with Crippen molar-refractivity contribution in [1.29, 1.82) is 0 Å². The third kappa shape index (κ3) is 4.08. The van der Waals surface area contributed by atoms with Gasteiger partial charge in [-0.3, -0.25) is 4.79 Å². The van der Waals surface area contributed by atoms with Crippen molar-refractivity contribution >= 4 is 17.2 Å². The summed E-state index contributed by atoms with van der Waals surface area (Å²) in [6.07, 6.45) is 3.45. The molecule has 142 valence electrons. The summed E-state index contributed by atoms with van der Waals surface area (Å²) in [5, 5.41) is 3.91. The molecule has 0 bridgehead atoms. The number of halogens is 1. The molecule has 1 atom stereocenters. The molecule has 0 aliphatic rings. The van der Waals surface area contributed by atoms with Gasteiger partial charge in [0.15, 0.2) is 0 Å². The van der Waals surface area contributed by atoms with E-state index >= 15 is 0 Å². The van der Waals surface area contributed by atoms with E-state index in [1.54, 1.807) is 24.5 Å². The van der Waals surface area contributed by atoms with Crippen molar-refractivity contribution in [2.24, 2.45) is 7.05 Å². The summed E-state index contributed by atoms with van der Waals surface area (Å²) >= 11 is 1.39. The monoisotopic (exact) mass is 386 g/mol. The minimum Gasteiger partial charge on any atom is -0.337 e. The first-order valence-corrected chi connectivity index (χ1v) is 9.50. The third-order valence-electron chi connectivity index (χ3n) is 4.22. The highest BCUT2D eigenvalue weighted by Crippen LogP contribution is 2.30. The third-order valence-corrected chi connectivity index (χ3v) is 5.80. The number of nitrogens with one attached hydrogen (secondary N) is 1. The van der Waals surface area contributed by atoms with Gasteiger partial charge in [-0.2, -0.15) is 0 Å². The van der Waals surface area contributed by atoms with E-state index in [9.17, 15) is 9.18 Å². The van der Waals surface area contributed by atoms with Gasteiger partial charge in [-0.25, -0.2) is 14.4 Å². The lowest BCUT2D eigenvalue weighted by atomic mass is 9.98. The highest BCUT2D eigenvalue weighted by Gasteiger charge is 2.26. The number of imidazole rings is 1. The van der Waals surface area contributed by atoms with Crippen LogP contribution in [-0.2, 0) is 12.5 Å². The van der Waals surface area contributed by atoms with Crippen molar-refractivity contribution in [1.82, 2.24) is 19.9 Å². The number of hydrogen-bond donors (Lipinski definition) is 1. The van der Waals surface area contributed by atoms with Crippen LogP contribution in [0.3, 0.4) is 0 Å². The molecule has 0 radical (unpaired) electrons. The van der Waals surface area contributed by atoms with Crippen LogP contribution in [0.4, 0.5) is 4.39 Å². The highest BCUT2D eigenvalue weighted by molar-refractivity contribution is 7.14. The van der Waals surface area contributed by atoms with E-state index in [1.807, 2.05) is 18.5 Å². The number of benzene rings is 1. The summed E-state index contributed by atoms with van der Waals surface area (Å²) in [5.41, 5.74) is 1.20. The van der Waals surface area contributed by atoms with E-state index in [1.165, 1.54) is 23.5 Å². The van der Waals surface area contributed by atoms with Gasteiger partial charge in [0, 0.05) is 24.9 Å². The Morgan fingerprint density at radius 1 is 1.33 bits per heavy atom. The number of carbonyl (C=O) groups is 1. The summed E-state index contributed by atoms with van der Waals surface area (Å²) < 4.78 is 15.6. The molecule has 0 saturated heterocycles. The van der Waals surface area contributed by atoms with E-state index in [2.05, 4.69) is 36.1 Å². The summed E-state index contributed by atoms with van der Waals surface area (Å²) in [6.45, 7) is 8.03. The minimum absolute atomic E-state index is 0.129. The Labute approximate surface area is 162 Å². The van der Waals surface area contributed by atoms with Crippen LogP contribution in [0.5, 0.6) is 0 Å². The van der Waals surface area contributed by atoms with Crippen LogP contribution >= 0.6 is 11.3 Å². The molecule has 27 heavy (non-hydrogen) atoms. The van der Waals surface area contributed by atoms with E-state index in [-0.39, 0.29) is 17.1 Å². The number of nitrogens with zero attached hydrogens (tertiary/aromatic N) is 3. The molecule has 3 rings (SSSR count). The fourth-order valence-corrected chi connectivity index (χ4v) is 3.79. The van der Waals surface area contributed by atoms with Crippen LogP contribution in [0, 0.1) is 12.7 Å². The SMILES string of the molecule is Cc1nc(C(C)(C)C)sc1C(=O)NC(c1cccc(F)c1)c1nccn1C. The molecule has 1 N–H and O–H groups in total. The van der Waals surface area contributed by atoms with Gasteiger partial charge in [-0.05, 0) is 24.6 Å². The smallest absolute Gasteiger partial charge is 0.264 e. The quantitative estimate of drug-likeness (QED) is 0.733.